The lowest BCUT2D eigenvalue weighted by atomic mass is 10.0. The lowest BCUT2D eigenvalue weighted by molar-refractivity contribution is 0.100. The summed E-state index contributed by atoms with van der Waals surface area (Å²) in [6.45, 7) is 1.82. The first-order valence-corrected chi connectivity index (χ1v) is 11.1. The van der Waals surface area contributed by atoms with Crippen molar-refractivity contribution in [2.24, 2.45) is 12.8 Å². The number of anilines is 2. The van der Waals surface area contributed by atoms with Crippen molar-refractivity contribution in [2.45, 2.75) is 18.9 Å². The number of rotatable bonds is 6. The minimum absolute atomic E-state index is 0.315. The summed E-state index contributed by atoms with van der Waals surface area (Å²) in [4.78, 5) is 17.9. The number of H-pyrrole nitrogens is 1. The maximum atomic E-state index is 12.1. The van der Waals surface area contributed by atoms with E-state index in [1.807, 2.05) is 55.8 Å². The zero-order valence-electron chi connectivity index (χ0n) is 18.8. The third-order valence-electron chi connectivity index (χ3n) is 6.28. The highest BCUT2D eigenvalue weighted by Gasteiger charge is 2.23. The molecule has 4 N–H and O–H groups in total. The van der Waals surface area contributed by atoms with E-state index < -0.39 is 5.91 Å². The van der Waals surface area contributed by atoms with Gasteiger partial charge in [0.1, 0.15) is 5.75 Å². The monoisotopic (exact) mass is 444 g/mol. The average Bonchev–Trinajstić information content (AvgIpc) is 3.45. The van der Waals surface area contributed by atoms with E-state index in [4.69, 9.17) is 10.5 Å². The number of carbonyl (C=O) groups is 1. The van der Waals surface area contributed by atoms with Gasteiger partial charge in [-0.25, -0.2) is 0 Å². The molecule has 8 heteroatoms. The van der Waals surface area contributed by atoms with Crippen LogP contribution >= 0.6 is 0 Å². The molecule has 0 radical (unpaired) electrons. The molecule has 2 aromatic heterocycles. The molecule has 0 unspecified atom stereocenters. The van der Waals surface area contributed by atoms with E-state index >= 15 is 0 Å². The molecule has 1 amide bonds. The summed E-state index contributed by atoms with van der Waals surface area (Å²) in [6, 6.07) is 14.3. The van der Waals surface area contributed by atoms with Crippen LogP contribution in [0, 0.1) is 0 Å². The van der Waals surface area contributed by atoms with E-state index in [9.17, 15) is 4.79 Å². The quantitative estimate of drug-likeness (QED) is 0.420. The smallest absolute Gasteiger partial charge is 0.250 e. The van der Waals surface area contributed by atoms with Gasteiger partial charge in [-0.2, -0.15) is 5.10 Å². The number of benzene rings is 2. The van der Waals surface area contributed by atoms with Crippen LogP contribution in [-0.4, -0.2) is 46.9 Å². The average molecular weight is 445 g/mol. The molecule has 1 atom stereocenters. The Morgan fingerprint density at radius 3 is 2.76 bits per heavy atom. The number of hydrogen-bond acceptors (Lipinski definition) is 5. The van der Waals surface area contributed by atoms with Crippen LogP contribution in [0.15, 0.2) is 54.9 Å². The number of carbonyl (C=O) groups excluding carboxylic acids is 1. The number of aromatic amines is 1. The Hall–Kier alpha value is -3.94. The molecule has 33 heavy (non-hydrogen) atoms. The van der Waals surface area contributed by atoms with E-state index in [0.717, 1.165) is 65.2 Å². The van der Waals surface area contributed by atoms with Gasteiger partial charge in [-0.05, 0) is 55.3 Å². The Morgan fingerprint density at radius 2 is 2.06 bits per heavy atom. The summed E-state index contributed by atoms with van der Waals surface area (Å²) in [5, 5.41) is 8.92. The Labute approximate surface area is 192 Å². The molecule has 1 aliphatic rings. The summed E-state index contributed by atoms with van der Waals surface area (Å²) in [6.07, 6.45) is 5.93. The molecule has 8 nitrogen and oxygen atoms in total. The second kappa shape index (κ2) is 8.54. The topological polar surface area (TPSA) is 101 Å². The van der Waals surface area contributed by atoms with Gasteiger partial charge in [0.15, 0.2) is 0 Å². The largest absolute Gasteiger partial charge is 0.497 e. The van der Waals surface area contributed by atoms with E-state index in [-0.39, 0.29) is 0 Å². The van der Waals surface area contributed by atoms with Crippen molar-refractivity contribution < 1.29 is 9.53 Å². The van der Waals surface area contributed by atoms with Crippen LogP contribution in [0.5, 0.6) is 5.75 Å². The highest BCUT2D eigenvalue weighted by Crippen LogP contribution is 2.35. The number of piperidine rings is 1. The van der Waals surface area contributed by atoms with E-state index in [1.54, 1.807) is 11.8 Å². The zero-order valence-corrected chi connectivity index (χ0v) is 18.8. The van der Waals surface area contributed by atoms with Crippen LogP contribution in [0.2, 0.25) is 0 Å². The predicted molar refractivity (Wildman–Crippen MR) is 131 cm³/mol. The van der Waals surface area contributed by atoms with Gasteiger partial charge in [-0.15, -0.1) is 0 Å². The van der Waals surface area contributed by atoms with Gasteiger partial charge >= 0.3 is 0 Å². The number of nitrogens with one attached hydrogen (secondary N) is 2. The van der Waals surface area contributed by atoms with Crippen molar-refractivity contribution in [2.75, 3.05) is 30.4 Å². The molecule has 170 valence electrons. The lowest BCUT2D eigenvalue weighted by Gasteiger charge is -2.35. The molecule has 0 bridgehead atoms. The normalized spacial score (nSPS) is 16.2. The molecule has 0 aliphatic carbocycles. The minimum Gasteiger partial charge on any atom is -0.497 e. The van der Waals surface area contributed by atoms with E-state index in [0.29, 0.717) is 11.6 Å². The molecule has 2 aromatic carbocycles. The molecule has 1 fully saturated rings. The first-order valence-electron chi connectivity index (χ1n) is 11.1. The highest BCUT2D eigenvalue weighted by molar-refractivity contribution is 6.09. The standard InChI is InChI=1S/C25H28N6O2/c1-30-14-16(13-27-30)22-12-21-23(10-9-20(25(26)32)24(21)29-22)31-11-3-4-18(15-31)28-17-5-7-19(33-2)8-6-17/h5-10,12-14,18,28-29H,3-4,11,15H2,1-2H3,(H2,26,32)/t18-/m1/s1. The Kier molecular flexibility index (Phi) is 5.42. The van der Waals surface area contributed by atoms with Gasteiger partial charge in [0.25, 0.3) is 5.91 Å². The van der Waals surface area contributed by atoms with Gasteiger partial charge in [0, 0.05) is 60.4 Å². The van der Waals surface area contributed by atoms with Gasteiger partial charge in [0.05, 0.1) is 24.4 Å². The fourth-order valence-corrected chi connectivity index (χ4v) is 4.64. The molecule has 5 rings (SSSR count). The first kappa shape index (κ1) is 20.9. The van der Waals surface area contributed by atoms with Crippen LogP contribution in [0.4, 0.5) is 11.4 Å². The number of amides is 1. The summed E-state index contributed by atoms with van der Waals surface area (Å²) in [5.74, 6) is 0.406. The Balaban J connectivity index is 1.46. The van der Waals surface area contributed by atoms with Gasteiger partial charge in [0.2, 0.25) is 0 Å². The predicted octanol–water partition coefficient (Wildman–Crippen LogP) is 3.76. The summed E-state index contributed by atoms with van der Waals surface area (Å²) in [7, 11) is 3.56. The first-order chi connectivity index (χ1) is 16.0. The maximum Gasteiger partial charge on any atom is 0.250 e. The Morgan fingerprint density at radius 1 is 1.24 bits per heavy atom. The molecule has 1 aliphatic heterocycles. The van der Waals surface area contributed by atoms with Crippen LogP contribution in [0.1, 0.15) is 23.2 Å². The molecule has 1 saturated heterocycles. The number of hydrogen-bond donors (Lipinski definition) is 3. The van der Waals surface area contributed by atoms with Crippen LogP contribution in [0.25, 0.3) is 22.2 Å². The Bertz CT molecular complexity index is 1290. The van der Waals surface area contributed by atoms with Crippen LogP contribution in [0.3, 0.4) is 0 Å². The zero-order chi connectivity index (χ0) is 22.9. The highest BCUT2D eigenvalue weighted by atomic mass is 16.5. The maximum absolute atomic E-state index is 12.1. The van der Waals surface area contributed by atoms with Crippen molar-refractivity contribution in [1.82, 2.24) is 14.8 Å². The third kappa shape index (κ3) is 4.11. The van der Waals surface area contributed by atoms with Crippen molar-refractivity contribution in [3.8, 4) is 17.0 Å². The number of aryl methyl sites for hydroxylation is 1. The van der Waals surface area contributed by atoms with Gasteiger partial charge in [-0.1, -0.05) is 0 Å². The number of ether oxygens (including phenoxy) is 1. The number of methoxy groups -OCH3 is 1. The molecule has 3 heterocycles. The lowest BCUT2D eigenvalue weighted by Crippen LogP contribution is -2.42. The minimum atomic E-state index is -0.441. The second-order valence-electron chi connectivity index (χ2n) is 8.53. The number of nitrogens with zero attached hydrogens (tertiary/aromatic N) is 3. The number of nitrogens with two attached hydrogens (primary N) is 1. The summed E-state index contributed by atoms with van der Waals surface area (Å²) in [5.41, 5.74) is 11.0. The molecule has 0 saturated carbocycles. The van der Waals surface area contributed by atoms with Gasteiger partial charge in [-0.3, -0.25) is 9.48 Å². The van der Waals surface area contributed by atoms with Crippen molar-refractivity contribution in [3.05, 3.63) is 60.4 Å². The van der Waals surface area contributed by atoms with Crippen LogP contribution in [-0.2, 0) is 7.05 Å². The van der Waals surface area contributed by atoms with Crippen molar-refractivity contribution in [1.29, 1.82) is 0 Å². The molecule has 4 aromatic rings. The third-order valence-corrected chi connectivity index (χ3v) is 6.28. The second-order valence-corrected chi connectivity index (χ2v) is 8.53. The number of aromatic nitrogens is 3. The van der Waals surface area contributed by atoms with Crippen molar-refractivity contribution in [3.63, 3.8) is 0 Å². The number of fused-ring (bicyclic) bond motifs is 1. The van der Waals surface area contributed by atoms with E-state index in [2.05, 4.69) is 26.4 Å². The summed E-state index contributed by atoms with van der Waals surface area (Å²) >= 11 is 0. The SMILES string of the molecule is COc1ccc(N[C@@H]2CCCN(c3ccc(C(N)=O)c4[nH]c(-c5cnn(C)c5)cc34)C2)cc1. The molecular formula is C25H28N6O2. The van der Waals surface area contributed by atoms with E-state index in [1.165, 1.54) is 0 Å². The number of primary amides is 1. The van der Waals surface area contributed by atoms with Crippen molar-refractivity contribution >= 4 is 28.2 Å². The summed E-state index contributed by atoms with van der Waals surface area (Å²) < 4.78 is 7.02. The fourth-order valence-electron chi connectivity index (χ4n) is 4.64. The van der Waals surface area contributed by atoms with Crippen LogP contribution < -0.4 is 20.7 Å². The fraction of sp³-hybridized carbons (Fsp3) is 0.280. The molecular weight excluding hydrogens is 416 g/mol. The van der Waals surface area contributed by atoms with Gasteiger partial charge < -0.3 is 25.7 Å². The molecule has 0 spiro atoms.